The lowest BCUT2D eigenvalue weighted by Crippen LogP contribution is -2.34. The number of carboxylic acids is 1. The summed E-state index contributed by atoms with van der Waals surface area (Å²) >= 11 is 0. The number of carbonyl (C=O) groups excluding carboxylic acids is 1. The standard InChI is InChI=1S/C11H16N2O5/c1-6(12-10(16)18-11(2,3)4)8-7(9(14)15)5-17-13-8/h5-6H,1-4H3,(H,12,16)(H,14,15). The Bertz CT molecular complexity index is 447. The minimum Gasteiger partial charge on any atom is -0.478 e. The Morgan fingerprint density at radius 3 is 2.61 bits per heavy atom. The van der Waals surface area contributed by atoms with E-state index in [1.165, 1.54) is 0 Å². The smallest absolute Gasteiger partial charge is 0.408 e. The fourth-order valence-electron chi connectivity index (χ4n) is 1.27. The van der Waals surface area contributed by atoms with Crippen LogP contribution in [0.1, 0.15) is 49.8 Å². The SMILES string of the molecule is CC(NC(=O)OC(C)(C)C)c1nocc1C(=O)O. The average Bonchev–Trinajstić information content (AvgIpc) is 2.61. The van der Waals surface area contributed by atoms with Gasteiger partial charge in [-0.25, -0.2) is 9.59 Å². The van der Waals surface area contributed by atoms with Crippen molar-refractivity contribution in [1.82, 2.24) is 10.5 Å². The number of hydrogen-bond acceptors (Lipinski definition) is 5. The molecule has 0 aromatic carbocycles. The number of carboxylic acid groups (broad SMARTS) is 1. The highest BCUT2D eigenvalue weighted by Gasteiger charge is 2.23. The molecule has 2 N–H and O–H groups in total. The summed E-state index contributed by atoms with van der Waals surface area (Å²) in [6.45, 7) is 6.79. The van der Waals surface area contributed by atoms with Crippen LogP contribution in [0, 0.1) is 0 Å². The minimum atomic E-state index is -1.16. The molecule has 0 aliphatic rings. The summed E-state index contributed by atoms with van der Waals surface area (Å²) in [5, 5.41) is 14.9. The highest BCUT2D eigenvalue weighted by atomic mass is 16.6. The first-order valence-electron chi connectivity index (χ1n) is 5.38. The number of aromatic nitrogens is 1. The monoisotopic (exact) mass is 256 g/mol. The molecular weight excluding hydrogens is 240 g/mol. The molecule has 0 radical (unpaired) electrons. The number of carbonyl (C=O) groups is 2. The van der Waals surface area contributed by atoms with Crippen LogP contribution in [0.3, 0.4) is 0 Å². The maximum atomic E-state index is 11.5. The van der Waals surface area contributed by atoms with Crippen molar-refractivity contribution < 1.29 is 24.0 Å². The number of aromatic carboxylic acids is 1. The number of amides is 1. The molecule has 0 spiro atoms. The summed E-state index contributed by atoms with van der Waals surface area (Å²) in [5.74, 6) is -1.16. The number of hydrogen-bond donors (Lipinski definition) is 2. The Morgan fingerprint density at radius 1 is 1.50 bits per heavy atom. The molecule has 100 valence electrons. The van der Waals surface area contributed by atoms with Crippen LogP contribution in [0.4, 0.5) is 4.79 Å². The third-order valence-electron chi connectivity index (χ3n) is 1.97. The Labute approximate surface area is 104 Å². The molecule has 0 fully saturated rings. The van der Waals surface area contributed by atoms with Gasteiger partial charge in [-0.05, 0) is 27.7 Å². The molecule has 1 rings (SSSR count). The first kappa shape index (κ1) is 14.0. The van der Waals surface area contributed by atoms with Crippen molar-refractivity contribution in [3.8, 4) is 0 Å². The zero-order valence-corrected chi connectivity index (χ0v) is 10.7. The van der Waals surface area contributed by atoms with E-state index in [0.717, 1.165) is 6.26 Å². The van der Waals surface area contributed by atoms with Gasteiger partial charge in [0, 0.05) is 0 Å². The van der Waals surface area contributed by atoms with Crippen molar-refractivity contribution in [2.24, 2.45) is 0 Å². The van der Waals surface area contributed by atoms with E-state index in [-0.39, 0.29) is 11.3 Å². The topological polar surface area (TPSA) is 102 Å². The fourth-order valence-corrected chi connectivity index (χ4v) is 1.27. The van der Waals surface area contributed by atoms with Gasteiger partial charge in [-0.2, -0.15) is 0 Å². The van der Waals surface area contributed by atoms with Gasteiger partial charge in [0.05, 0.1) is 6.04 Å². The highest BCUT2D eigenvalue weighted by molar-refractivity contribution is 5.88. The lowest BCUT2D eigenvalue weighted by Gasteiger charge is -2.21. The van der Waals surface area contributed by atoms with Gasteiger partial charge in [0.2, 0.25) is 0 Å². The Morgan fingerprint density at radius 2 is 2.11 bits per heavy atom. The molecular formula is C11H16N2O5. The molecule has 1 amide bonds. The third-order valence-corrected chi connectivity index (χ3v) is 1.97. The quantitative estimate of drug-likeness (QED) is 0.857. The number of rotatable bonds is 3. The molecule has 0 saturated carbocycles. The highest BCUT2D eigenvalue weighted by Crippen LogP contribution is 2.17. The van der Waals surface area contributed by atoms with E-state index in [1.807, 2.05) is 0 Å². The number of nitrogens with one attached hydrogen (secondary N) is 1. The van der Waals surface area contributed by atoms with Gasteiger partial charge < -0.3 is 19.7 Å². The number of ether oxygens (including phenoxy) is 1. The van der Waals surface area contributed by atoms with Gasteiger partial charge in [0.15, 0.2) is 0 Å². The predicted molar refractivity (Wildman–Crippen MR) is 61.2 cm³/mol. The second kappa shape index (κ2) is 5.07. The zero-order chi connectivity index (χ0) is 13.9. The fraction of sp³-hybridized carbons (Fsp3) is 0.545. The summed E-state index contributed by atoms with van der Waals surface area (Å²) in [6, 6.07) is -0.621. The van der Waals surface area contributed by atoms with Gasteiger partial charge in [0.1, 0.15) is 23.1 Å². The van der Waals surface area contributed by atoms with E-state index in [4.69, 9.17) is 9.84 Å². The molecule has 0 aliphatic carbocycles. The maximum absolute atomic E-state index is 11.5. The predicted octanol–water partition coefficient (Wildman–Crippen LogP) is 1.96. The average molecular weight is 256 g/mol. The molecule has 7 nitrogen and oxygen atoms in total. The van der Waals surface area contributed by atoms with E-state index < -0.39 is 23.7 Å². The largest absolute Gasteiger partial charge is 0.478 e. The van der Waals surface area contributed by atoms with Crippen LogP contribution < -0.4 is 5.32 Å². The van der Waals surface area contributed by atoms with Crippen LogP contribution in [0.15, 0.2) is 10.8 Å². The number of alkyl carbamates (subject to hydrolysis) is 1. The van der Waals surface area contributed by atoms with Crippen molar-refractivity contribution in [3.63, 3.8) is 0 Å². The summed E-state index contributed by atoms with van der Waals surface area (Å²) in [6.07, 6.45) is 0.375. The molecule has 18 heavy (non-hydrogen) atoms. The molecule has 1 unspecified atom stereocenters. The lowest BCUT2D eigenvalue weighted by atomic mass is 10.1. The molecule has 0 saturated heterocycles. The van der Waals surface area contributed by atoms with Crippen molar-refractivity contribution in [2.45, 2.75) is 39.3 Å². The molecule has 1 heterocycles. The second-order valence-electron chi connectivity index (χ2n) is 4.79. The van der Waals surface area contributed by atoms with Crippen LogP contribution in [0.25, 0.3) is 0 Å². The zero-order valence-electron chi connectivity index (χ0n) is 10.7. The molecule has 0 aliphatic heterocycles. The maximum Gasteiger partial charge on any atom is 0.408 e. The van der Waals surface area contributed by atoms with Crippen molar-refractivity contribution in [3.05, 3.63) is 17.5 Å². The van der Waals surface area contributed by atoms with E-state index in [1.54, 1.807) is 27.7 Å². The normalized spacial score (nSPS) is 12.9. The molecule has 0 bridgehead atoms. The van der Waals surface area contributed by atoms with Crippen molar-refractivity contribution in [2.75, 3.05) is 0 Å². The van der Waals surface area contributed by atoms with Gasteiger partial charge in [-0.3, -0.25) is 0 Å². The lowest BCUT2D eigenvalue weighted by molar-refractivity contribution is 0.0503. The summed E-state index contributed by atoms with van der Waals surface area (Å²) in [4.78, 5) is 22.4. The molecule has 1 aromatic rings. The third kappa shape index (κ3) is 3.76. The van der Waals surface area contributed by atoms with E-state index in [9.17, 15) is 9.59 Å². The van der Waals surface area contributed by atoms with Crippen LogP contribution >= 0.6 is 0 Å². The molecule has 1 atom stereocenters. The van der Waals surface area contributed by atoms with Crippen molar-refractivity contribution >= 4 is 12.1 Å². The Hall–Kier alpha value is -2.05. The van der Waals surface area contributed by atoms with Gasteiger partial charge in [-0.1, -0.05) is 5.16 Å². The molecule has 1 aromatic heterocycles. The first-order chi connectivity index (χ1) is 8.20. The van der Waals surface area contributed by atoms with Crippen LogP contribution in [0.2, 0.25) is 0 Å². The van der Waals surface area contributed by atoms with Crippen LogP contribution in [-0.4, -0.2) is 27.9 Å². The van der Waals surface area contributed by atoms with E-state index in [2.05, 4.69) is 15.0 Å². The minimum absolute atomic E-state index is 0.0847. The van der Waals surface area contributed by atoms with E-state index >= 15 is 0 Å². The summed E-state index contributed by atoms with van der Waals surface area (Å²) < 4.78 is 9.64. The Kier molecular flexibility index (Phi) is 3.95. The Balaban J connectivity index is 2.71. The van der Waals surface area contributed by atoms with Gasteiger partial charge in [0.25, 0.3) is 0 Å². The van der Waals surface area contributed by atoms with Gasteiger partial charge in [-0.15, -0.1) is 0 Å². The number of nitrogens with zero attached hydrogens (tertiary/aromatic N) is 1. The molecule has 7 heteroatoms. The van der Waals surface area contributed by atoms with E-state index in [0.29, 0.717) is 0 Å². The second-order valence-corrected chi connectivity index (χ2v) is 4.79. The van der Waals surface area contributed by atoms with Crippen LogP contribution in [-0.2, 0) is 4.74 Å². The van der Waals surface area contributed by atoms with Gasteiger partial charge >= 0.3 is 12.1 Å². The first-order valence-corrected chi connectivity index (χ1v) is 5.38. The van der Waals surface area contributed by atoms with Crippen LogP contribution in [0.5, 0.6) is 0 Å². The summed E-state index contributed by atoms with van der Waals surface area (Å²) in [5.41, 5.74) is -0.560. The van der Waals surface area contributed by atoms with Crippen molar-refractivity contribution in [1.29, 1.82) is 0 Å². The summed E-state index contributed by atoms with van der Waals surface area (Å²) in [7, 11) is 0.